The van der Waals surface area contributed by atoms with Crippen LogP contribution in [0, 0.1) is 5.82 Å². The fourth-order valence-corrected chi connectivity index (χ4v) is 3.11. The molecule has 0 radical (unpaired) electrons. The third-order valence-corrected chi connectivity index (χ3v) is 4.75. The van der Waals surface area contributed by atoms with Crippen LogP contribution in [0.1, 0.15) is 36.7 Å². The predicted molar refractivity (Wildman–Crippen MR) is 111 cm³/mol. The molecule has 4 rings (SSSR count). The molecule has 0 bridgehead atoms. The molecule has 2 aromatic carbocycles. The summed E-state index contributed by atoms with van der Waals surface area (Å²) in [5.41, 5.74) is 3.80. The normalized spacial score (nSPS) is 11.6. The summed E-state index contributed by atoms with van der Waals surface area (Å²) < 4.78 is 15.0. The standard InChI is InChI=1S/C23H21FN4O/c1-23(2,3)17-8-4-16(5-9-17)22(29)27-20-14-19(15-6-10-18(24)11-7-15)28-21(26-20)12-13-25-28/h4-14H,1-3H3,(H,26,27,29). The molecule has 1 N–H and O–H groups in total. The first-order valence-corrected chi connectivity index (χ1v) is 9.34. The third kappa shape index (κ3) is 3.87. The number of anilines is 1. The highest BCUT2D eigenvalue weighted by Crippen LogP contribution is 2.25. The van der Waals surface area contributed by atoms with Crippen LogP contribution in [-0.4, -0.2) is 20.5 Å². The Morgan fingerprint density at radius 2 is 1.69 bits per heavy atom. The number of carbonyl (C=O) groups is 1. The van der Waals surface area contributed by atoms with Crippen LogP contribution in [0.3, 0.4) is 0 Å². The summed E-state index contributed by atoms with van der Waals surface area (Å²) in [6.07, 6.45) is 1.63. The van der Waals surface area contributed by atoms with Gasteiger partial charge in [-0.2, -0.15) is 5.10 Å². The number of aromatic nitrogens is 3. The van der Waals surface area contributed by atoms with Gasteiger partial charge >= 0.3 is 0 Å². The Labute approximate surface area is 168 Å². The zero-order valence-corrected chi connectivity index (χ0v) is 16.5. The van der Waals surface area contributed by atoms with E-state index in [1.807, 2.05) is 24.3 Å². The maximum Gasteiger partial charge on any atom is 0.256 e. The molecule has 2 heterocycles. The second-order valence-corrected chi connectivity index (χ2v) is 7.92. The minimum Gasteiger partial charge on any atom is -0.306 e. The van der Waals surface area contributed by atoms with E-state index in [4.69, 9.17) is 0 Å². The van der Waals surface area contributed by atoms with E-state index in [1.54, 1.807) is 35.0 Å². The number of amides is 1. The first-order valence-electron chi connectivity index (χ1n) is 9.34. The van der Waals surface area contributed by atoms with Gasteiger partial charge in [-0.3, -0.25) is 4.79 Å². The Morgan fingerprint density at radius 3 is 2.34 bits per heavy atom. The molecule has 0 fully saturated rings. The lowest BCUT2D eigenvalue weighted by Gasteiger charge is -2.19. The Bertz CT molecular complexity index is 1170. The van der Waals surface area contributed by atoms with Crippen molar-refractivity contribution in [1.29, 1.82) is 0 Å². The van der Waals surface area contributed by atoms with E-state index in [0.29, 0.717) is 22.7 Å². The first-order chi connectivity index (χ1) is 13.8. The van der Waals surface area contributed by atoms with E-state index < -0.39 is 0 Å². The number of hydrogen-bond donors (Lipinski definition) is 1. The van der Waals surface area contributed by atoms with Gasteiger partial charge < -0.3 is 5.32 Å². The molecule has 0 saturated carbocycles. The topological polar surface area (TPSA) is 59.3 Å². The van der Waals surface area contributed by atoms with Crippen LogP contribution in [0.25, 0.3) is 16.9 Å². The van der Waals surface area contributed by atoms with Crippen molar-refractivity contribution in [3.8, 4) is 11.3 Å². The summed E-state index contributed by atoms with van der Waals surface area (Å²) >= 11 is 0. The Morgan fingerprint density at radius 1 is 1.00 bits per heavy atom. The second kappa shape index (κ2) is 7.13. The van der Waals surface area contributed by atoms with Crippen LogP contribution >= 0.6 is 0 Å². The molecule has 146 valence electrons. The Hall–Kier alpha value is -3.54. The fourth-order valence-electron chi connectivity index (χ4n) is 3.11. The maximum absolute atomic E-state index is 13.3. The molecular weight excluding hydrogens is 367 g/mol. The van der Waals surface area contributed by atoms with Crippen LogP contribution in [-0.2, 0) is 5.41 Å². The van der Waals surface area contributed by atoms with Gasteiger partial charge in [-0.25, -0.2) is 13.9 Å². The summed E-state index contributed by atoms with van der Waals surface area (Å²) in [4.78, 5) is 17.2. The molecule has 5 nitrogen and oxygen atoms in total. The van der Waals surface area contributed by atoms with Crippen molar-refractivity contribution in [2.75, 3.05) is 5.32 Å². The molecule has 0 unspecified atom stereocenters. The predicted octanol–water partition coefficient (Wildman–Crippen LogP) is 5.09. The highest BCUT2D eigenvalue weighted by atomic mass is 19.1. The van der Waals surface area contributed by atoms with Crippen molar-refractivity contribution in [1.82, 2.24) is 14.6 Å². The minimum atomic E-state index is -0.313. The SMILES string of the molecule is CC(C)(C)c1ccc(C(=O)Nc2cc(-c3ccc(F)cc3)n3nccc3n2)cc1. The van der Waals surface area contributed by atoms with Crippen molar-refractivity contribution in [2.45, 2.75) is 26.2 Å². The summed E-state index contributed by atoms with van der Waals surface area (Å²) in [6.45, 7) is 6.39. The number of fused-ring (bicyclic) bond motifs is 1. The molecule has 0 spiro atoms. The molecule has 0 aliphatic heterocycles. The van der Waals surface area contributed by atoms with Crippen molar-refractivity contribution < 1.29 is 9.18 Å². The number of nitrogens with one attached hydrogen (secondary N) is 1. The zero-order chi connectivity index (χ0) is 20.6. The van der Waals surface area contributed by atoms with Crippen LogP contribution in [0.4, 0.5) is 10.2 Å². The Balaban J connectivity index is 1.66. The number of hydrogen-bond acceptors (Lipinski definition) is 3. The van der Waals surface area contributed by atoms with E-state index in [1.165, 1.54) is 12.1 Å². The lowest BCUT2D eigenvalue weighted by molar-refractivity contribution is 0.102. The highest BCUT2D eigenvalue weighted by molar-refractivity contribution is 6.04. The highest BCUT2D eigenvalue weighted by Gasteiger charge is 2.15. The number of halogens is 1. The van der Waals surface area contributed by atoms with Gasteiger partial charge in [-0.15, -0.1) is 0 Å². The number of carbonyl (C=O) groups excluding carboxylic acids is 1. The van der Waals surface area contributed by atoms with Crippen molar-refractivity contribution in [3.05, 3.63) is 83.8 Å². The third-order valence-electron chi connectivity index (χ3n) is 4.75. The summed E-state index contributed by atoms with van der Waals surface area (Å²) in [6, 6.07) is 17.2. The van der Waals surface area contributed by atoms with E-state index >= 15 is 0 Å². The molecule has 0 aliphatic rings. The average Bonchev–Trinajstić information content (AvgIpc) is 3.16. The smallest absolute Gasteiger partial charge is 0.256 e. The van der Waals surface area contributed by atoms with E-state index in [9.17, 15) is 9.18 Å². The minimum absolute atomic E-state index is 0.0215. The van der Waals surface area contributed by atoms with Crippen LogP contribution < -0.4 is 5.32 Å². The molecule has 2 aromatic heterocycles. The molecule has 29 heavy (non-hydrogen) atoms. The van der Waals surface area contributed by atoms with Crippen molar-refractivity contribution >= 4 is 17.4 Å². The fraction of sp³-hybridized carbons (Fsp3) is 0.174. The number of benzene rings is 2. The molecule has 0 aliphatic carbocycles. The molecular formula is C23H21FN4O. The van der Waals surface area contributed by atoms with Gasteiger partial charge in [0.05, 0.1) is 11.9 Å². The molecule has 0 atom stereocenters. The Kier molecular flexibility index (Phi) is 4.62. The lowest BCUT2D eigenvalue weighted by atomic mass is 9.87. The number of nitrogens with zero attached hydrogens (tertiary/aromatic N) is 3. The van der Waals surface area contributed by atoms with E-state index in [-0.39, 0.29) is 17.1 Å². The van der Waals surface area contributed by atoms with E-state index in [2.05, 4.69) is 36.2 Å². The van der Waals surface area contributed by atoms with Crippen molar-refractivity contribution in [2.24, 2.45) is 0 Å². The lowest BCUT2D eigenvalue weighted by Crippen LogP contribution is -2.15. The second-order valence-electron chi connectivity index (χ2n) is 7.92. The van der Waals surface area contributed by atoms with Crippen LogP contribution in [0.2, 0.25) is 0 Å². The molecule has 4 aromatic rings. The summed E-state index contributed by atoms with van der Waals surface area (Å²) in [7, 11) is 0. The average molecular weight is 388 g/mol. The maximum atomic E-state index is 13.3. The molecule has 0 saturated heterocycles. The summed E-state index contributed by atoms with van der Waals surface area (Å²) in [5, 5.41) is 7.13. The van der Waals surface area contributed by atoms with E-state index in [0.717, 1.165) is 11.1 Å². The quantitative estimate of drug-likeness (QED) is 0.532. The van der Waals surface area contributed by atoms with Gasteiger partial charge in [-0.05, 0) is 47.4 Å². The van der Waals surface area contributed by atoms with Gasteiger partial charge in [0.25, 0.3) is 5.91 Å². The molecule has 6 heteroatoms. The largest absolute Gasteiger partial charge is 0.306 e. The van der Waals surface area contributed by atoms with Gasteiger partial charge in [0, 0.05) is 23.3 Å². The first kappa shape index (κ1) is 18.8. The van der Waals surface area contributed by atoms with Gasteiger partial charge in [0.15, 0.2) is 5.65 Å². The zero-order valence-electron chi connectivity index (χ0n) is 16.5. The van der Waals surface area contributed by atoms with Gasteiger partial charge in [0.1, 0.15) is 11.6 Å². The van der Waals surface area contributed by atoms with Gasteiger partial charge in [0.2, 0.25) is 0 Å². The van der Waals surface area contributed by atoms with Gasteiger partial charge in [-0.1, -0.05) is 32.9 Å². The molecule has 1 amide bonds. The summed E-state index contributed by atoms with van der Waals surface area (Å²) in [5.74, 6) is -0.152. The van der Waals surface area contributed by atoms with Crippen LogP contribution in [0.15, 0.2) is 66.9 Å². The van der Waals surface area contributed by atoms with Crippen molar-refractivity contribution in [3.63, 3.8) is 0 Å². The van der Waals surface area contributed by atoms with Crippen LogP contribution in [0.5, 0.6) is 0 Å². The number of rotatable bonds is 3. The monoisotopic (exact) mass is 388 g/mol.